The second kappa shape index (κ2) is 7.27. The molecule has 4 heteroatoms. The fourth-order valence-corrected chi connectivity index (χ4v) is 2.30. The van der Waals surface area contributed by atoms with Crippen LogP contribution in [-0.4, -0.2) is 24.0 Å². The summed E-state index contributed by atoms with van der Waals surface area (Å²) in [6.07, 6.45) is 1.95. The molecule has 3 N–H and O–H groups in total. The first-order chi connectivity index (χ1) is 10.1. The van der Waals surface area contributed by atoms with Gasteiger partial charge in [-0.05, 0) is 23.6 Å². The summed E-state index contributed by atoms with van der Waals surface area (Å²) in [4.78, 5) is 15.1. The van der Waals surface area contributed by atoms with Crippen molar-refractivity contribution >= 4 is 16.8 Å². The summed E-state index contributed by atoms with van der Waals surface area (Å²) in [6, 6.07) is 8.33. The average Bonchev–Trinajstić information content (AvgIpc) is 2.93. The van der Waals surface area contributed by atoms with Crippen LogP contribution in [0.4, 0.5) is 0 Å². The molecule has 0 spiro atoms. The van der Waals surface area contributed by atoms with Crippen LogP contribution in [0.5, 0.6) is 0 Å². The van der Waals surface area contributed by atoms with Crippen molar-refractivity contribution in [2.45, 2.75) is 27.3 Å². The van der Waals surface area contributed by atoms with E-state index in [1.54, 1.807) is 0 Å². The number of H-pyrrole nitrogens is 1. The summed E-state index contributed by atoms with van der Waals surface area (Å²) in [5.74, 6) is 0.588. The molecule has 0 saturated carbocycles. The maximum absolute atomic E-state index is 11.9. The van der Waals surface area contributed by atoms with Crippen molar-refractivity contribution < 1.29 is 4.79 Å². The van der Waals surface area contributed by atoms with Gasteiger partial charge in [0.2, 0.25) is 5.91 Å². The van der Waals surface area contributed by atoms with E-state index in [-0.39, 0.29) is 11.8 Å². The van der Waals surface area contributed by atoms with Crippen molar-refractivity contribution in [2.24, 2.45) is 11.8 Å². The Bertz CT molecular complexity index is 588. The molecule has 1 atom stereocenters. The van der Waals surface area contributed by atoms with Crippen molar-refractivity contribution in [1.82, 2.24) is 15.6 Å². The number of rotatable bonds is 7. The predicted octanol–water partition coefficient (Wildman–Crippen LogP) is 2.67. The van der Waals surface area contributed by atoms with E-state index in [9.17, 15) is 4.79 Å². The van der Waals surface area contributed by atoms with Gasteiger partial charge in [-0.25, -0.2) is 0 Å². The normalized spacial score (nSPS) is 12.8. The summed E-state index contributed by atoms with van der Waals surface area (Å²) in [5, 5.41) is 7.59. The molecular formula is C17H25N3O. The number of amides is 1. The molecule has 21 heavy (non-hydrogen) atoms. The molecule has 2 aromatic rings. The molecule has 4 nitrogen and oxygen atoms in total. The largest absolute Gasteiger partial charge is 0.361 e. The van der Waals surface area contributed by atoms with Gasteiger partial charge in [-0.2, -0.15) is 0 Å². The van der Waals surface area contributed by atoms with Gasteiger partial charge in [0.1, 0.15) is 0 Å². The van der Waals surface area contributed by atoms with E-state index in [2.05, 4.69) is 53.7 Å². The van der Waals surface area contributed by atoms with Gasteiger partial charge in [-0.3, -0.25) is 4.79 Å². The van der Waals surface area contributed by atoms with Crippen molar-refractivity contribution in [2.75, 3.05) is 13.1 Å². The van der Waals surface area contributed by atoms with Crippen LogP contribution in [0, 0.1) is 11.8 Å². The number of hydrogen-bond donors (Lipinski definition) is 3. The molecular weight excluding hydrogens is 262 g/mol. The number of fused-ring (bicyclic) bond motifs is 1. The standard InChI is InChI=1S/C17H25N3O/c1-12(2)9-20-17(21)13(3)10-18-11-14-5-4-6-16-15(14)7-8-19-16/h4-8,12-13,18-19H,9-11H2,1-3H3,(H,20,21). The maximum atomic E-state index is 11.9. The van der Waals surface area contributed by atoms with E-state index in [0.29, 0.717) is 12.5 Å². The monoisotopic (exact) mass is 287 g/mol. The predicted molar refractivity (Wildman–Crippen MR) is 87.0 cm³/mol. The summed E-state index contributed by atoms with van der Waals surface area (Å²) >= 11 is 0. The molecule has 0 fully saturated rings. The minimum Gasteiger partial charge on any atom is -0.361 e. The van der Waals surface area contributed by atoms with E-state index >= 15 is 0 Å². The van der Waals surface area contributed by atoms with Gasteiger partial charge in [-0.1, -0.05) is 32.9 Å². The Morgan fingerprint density at radius 2 is 2.00 bits per heavy atom. The summed E-state index contributed by atoms with van der Waals surface area (Å²) in [5.41, 5.74) is 2.40. The lowest BCUT2D eigenvalue weighted by molar-refractivity contribution is -0.124. The van der Waals surface area contributed by atoms with Crippen molar-refractivity contribution in [3.05, 3.63) is 36.0 Å². The van der Waals surface area contributed by atoms with Gasteiger partial charge in [-0.15, -0.1) is 0 Å². The van der Waals surface area contributed by atoms with Gasteiger partial charge in [0.25, 0.3) is 0 Å². The third-order valence-corrected chi connectivity index (χ3v) is 3.58. The zero-order valence-corrected chi connectivity index (χ0v) is 13.1. The summed E-state index contributed by atoms with van der Waals surface area (Å²) in [7, 11) is 0. The molecule has 1 unspecified atom stereocenters. The van der Waals surface area contributed by atoms with Crippen LogP contribution >= 0.6 is 0 Å². The number of aromatic nitrogens is 1. The molecule has 114 valence electrons. The van der Waals surface area contributed by atoms with Crippen LogP contribution in [0.2, 0.25) is 0 Å². The molecule has 0 saturated heterocycles. The Morgan fingerprint density at radius 3 is 2.76 bits per heavy atom. The smallest absolute Gasteiger partial charge is 0.224 e. The zero-order valence-electron chi connectivity index (χ0n) is 13.1. The fourth-order valence-electron chi connectivity index (χ4n) is 2.30. The Labute approximate surface area is 126 Å². The highest BCUT2D eigenvalue weighted by molar-refractivity contribution is 5.82. The molecule has 0 aliphatic rings. The topological polar surface area (TPSA) is 56.9 Å². The zero-order chi connectivity index (χ0) is 15.2. The molecule has 2 rings (SSSR count). The minimum absolute atomic E-state index is 0.0193. The van der Waals surface area contributed by atoms with Crippen molar-refractivity contribution in [3.63, 3.8) is 0 Å². The number of benzene rings is 1. The lowest BCUT2D eigenvalue weighted by Gasteiger charge is -2.14. The van der Waals surface area contributed by atoms with Crippen LogP contribution in [0.3, 0.4) is 0 Å². The quantitative estimate of drug-likeness (QED) is 0.733. The average molecular weight is 287 g/mol. The van der Waals surface area contributed by atoms with E-state index < -0.39 is 0 Å². The number of carbonyl (C=O) groups is 1. The van der Waals surface area contributed by atoms with Gasteiger partial charge >= 0.3 is 0 Å². The van der Waals surface area contributed by atoms with E-state index in [1.165, 1.54) is 10.9 Å². The summed E-state index contributed by atoms with van der Waals surface area (Å²) in [6.45, 7) is 8.36. The lowest BCUT2D eigenvalue weighted by atomic mass is 10.1. The molecule has 1 heterocycles. The SMILES string of the molecule is CC(C)CNC(=O)C(C)CNCc1cccc2[nH]ccc12. The Hall–Kier alpha value is -1.81. The third kappa shape index (κ3) is 4.33. The van der Waals surface area contributed by atoms with Gasteiger partial charge < -0.3 is 15.6 Å². The molecule has 0 aliphatic carbocycles. The molecule has 1 aromatic heterocycles. The van der Waals surface area contributed by atoms with Gasteiger partial charge in [0.05, 0.1) is 0 Å². The second-order valence-electron chi connectivity index (χ2n) is 6.03. The Kier molecular flexibility index (Phi) is 5.39. The van der Waals surface area contributed by atoms with Crippen LogP contribution in [0.15, 0.2) is 30.5 Å². The molecule has 0 bridgehead atoms. The first-order valence-corrected chi connectivity index (χ1v) is 7.61. The Morgan fingerprint density at radius 1 is 1.19 bits per heavy atom. The van der Waals surface area contributed by atoms with Gasteiger partial charge in [0, 0.05) is 42.7 Å². The first-order valence-electron chi connectivity index (χ1n) is 7.61. The highest BCUT2D eigenvalue weighted by atomic mass is 16.1. The first kappa shape index (κ1) is 15.6. The molecule has 0 aliphatic heterocycles. The van der Waals surface area contributed by atoms with Gasteiger partial charge in [0.15, 0.2) is 0 Å². The summed E-state index contributed by atoms with van der Waals surface area (Å²) < 4.78 is 0. The maximum Gasteiger partial charge on any atom is 0.224 e. The number of nitrogens with one attached hydrogen (secondary N) is 3. The number of hydrogen-bond acceptors (Lipinski definition) is 2. The molecule has 0 radical (unpaired) electrons. The minimum atomic E-state index is -0.0193. The van der Waals surface area contributed by atoms with Crippen LogP contribution in [0.25, 0.3) is 10.9 Å². The highest BCUT2D eigenvalue weighted by Crippen LogP contribution is 2.17. The second-order valence-corrected chi connectivity index (χ2v) is 6.03. The highest BCUT2D eigenvalue weighted by Gasteiger charge is 2.12. The van der Waals surface area contributed by atoms with Crippen LogP contribution in [-0.2, 0) is 11.3 Å². The van der Waals surface area contributed by atoms with E-state index in [1.807, 2.05) is 13.1 Å². The third-order valence-electron chi connectivity index (χ3n) is 3.58. The van der Waals surface area contributed by atoms with Crippen molar-refractivity contribution in [3.8, 4) is 0 Å². The fraction of sp³-hybridized carbons (Fsp3) is 0.471. The molecule has 1 amide bonds. The molecule has 1 aromatic carbocycles. The number of aromatic amines is 1. The van der Waals surface area contributed by atoms with Crippen LogP contribution < -0.4 is 10.6 Å². The van der Waals surface area contributed by atoms with E-state index in [4.69, 9.17) is 0 Å². The van der Waals surface area contributed by atoms with E-state index in [0.717, 1.165) is 18.6 Å². The lowest BCUT2D eigenvalue weighted by Crippen LogP contribution is -2.36. The Balaban J connectivity index is 1.81. The van der Waals surface area contributed by atoms with Crippen molar-refractivity contribution in [1.29, 1.82) is 0 Å². The van der Waals surface area contributed by atoms with Crippen LogP contribution in [0.1, 0.15) is 26.3 Å². The number of carbonyl (C=O) groups excluding carboxylic acids is 1.